The number of rotatable bonds is 4. The van der Waals surface area contributed by atoms with Crippen LogP contribution in [0.4, 0.5) is 0 Å². The van der Waals surface area contributed by atoms with E-state index in [0.717, 1.165) is 25.0 Å². The maximum Gasteiger partial charge on any atom is 0.156 e. The summed E-state index contributed by atoms with van der Waals surface area (Å²) >= 11 is 0. The molecule has 0 unspecified atom stereocenters. The Kier molecular flexibility index (Phi) is 42.9. The van der Waals surface area contributed by atoms with Crippen LogP contribution >= 0.6 is 0 Å². The van der Waals surface area contributed by atoms with Crippen LogP contribution in [0.2, 0.25) is 0 Å². The first-order chi connectivity index (χ1) is 10.1. The summed E-state index contributed by atoms with van der Waals surface area (Å²) in [5.74, 6) is -0.750. The largest absolute Gasteiger partial charge is 0.295 e. The van der Waals surface area contributed by atoms with Gasteiger partial charge in [-0.3, -0.25) is 19.8 Å². The van der Waals surface area contributed by atoms with Gasteiger partial charge in [-0.05, 0) is 27.7 Å². The van der Waals surface area contributed by atoms with Crippen LogP contribution < -0.4 is 0 Å². The zero-order valence-corrected chi connectivity index (χ0v) is 18.4. The molecular weight excluding hydrogens is 399 g/mol. The van der Waals surface area contributed by atoms with Gasteiger partial charge in [0.1, 0.15) is 0 Å². The molecule has 0 fully saturated rings. The van der Waals surface area contributed by atoms with Gasteiger partial charge in [0.25, 0.3) is 0 Å². The van der Waals surface area contributed by atoms with Gasteiger partial charge in [0, 0.05) is 36.1 Å². The van der Waals surface area contributed by atoms with Crippen LogP contribution in [-0.4, -0.2) is 35.5 Å². The van der Waals surface area contributed by atoms with Crippen molar-refractivity contribution in [1.29, 1.82) is 0 Å². The van der Waals surface area contributed by atoms with E-state index in [-0.39, 0.29) is 47.0 Å². The van der Waals surface area contributed by atoms with Crippen molar-refractivity contribution in [2.24, 2.45) is 0 Å². The standard InChI is InChI=1S/2C5H7O2.2C4H9.Sn/c2*1-4(6)3-5(2)7;2*1-3-4-2;/h2*3H,1-2H3;2*1,3-4H2,2H3;. The molecule has 0 N–H and O–H groups in total. The first-order valence-corrected chi connectivity index (χ1v) is 7.39. The molecule has 0 rings (SSSR count). The molecule has 0 aromatic heterocycles. The zero-order valence-electron chi connectivity index (χ0n) is 15.5. The van der Waals surface area contributed by atoms with E-state index < -0.39 is 0 Å². The fourth-order valence-corrected chi connectivity index (χ4v) is 0.572. The SMILES string of the molecule is CC(=O)C=C(C)[O].CC(=O)C=C(C)[O].[CH2]CCC.[CH2]CCC.[Sn]. The molecule has 0 amide bonds. The van der Waals surface area contributed by atoms with Crippen molar-refractivity contribution in [3.05, 3.63) is 37.5 Å². The Hall–Kier alpha value is -0.781. The zero-order chi connectivity index (χ0) is 18.6. The topological polar surface area (TPSA) is 73.9 Å². The molecule has 0 aromatic carbocycles. The van der Waals surface area contributed by atoms with Crippen molar-refractivity contribution in [2.75, 3.05) is 0 Å². The summed E-state index contributed by atoms with van der Waals surface area (Å²) in [5.41, 5.74) is 0. The molecule has 0 spiro atoms. The van der Waals surface area contributed by atoms with Crippen LogP contribution in [0.1, 0.15) is 67.2 Å². The predicted octanol–water partition coefficient (Wildman–Crippen LogP) is 4.68. The second kappa shape index (κ2) is 29.3. The Morgan fingerprint density at radius 3 is 0.913 bits per heavy atom. The monoisotopic (exact) mass is 432 g/mol. The maximum absolute atomic E-state index is 9.98. The normalized spacial score (nSPS) is 9.57. The number of carbonyl (C=O) groups is 2. The molecule has 4 nitrogen and oxygen atoms in total. The Morgan fingerprint density at radius 2 is 0.913 bits per heavy atom. The third kappa shape index (κ3) is 92.2. The summed E-state index contributed by atoms with van der Waals surface area (Å²) < 4.78 is 0. The summed E-state index contributed by atoms with van der Waals surface area (Å²) in [5, 5.41) is 20.0. The first kappa shape index (κ1) is 33.7. The minimum atomic E-state index is -0.187. The Bertz CT molecular complexity index is 277. The molecule has 0 saturated carbocycles. The molecule has 0 bridgehead atoms. The van der Waals surface area contributed by atoms with E-state index in [4.69, 9.17) is 0 Å². The average molecular weight is 431 g/mol. The predicted molar refractivity (Wildman–Crippen MR) is 96.5 cm³/mol. The Morgan fingerprint density at radius 1 is 0.739 bits per heavy atom. The number of ketones is 2. The minimum absolute atomic E-state index is 0. The van der Waals surface area contributed by atoms with Gasteiger partial charge in [-0.2, -0.15) is 0 Å². The third-order valence-electron chi connectivity index (χ3n) is 1.52. The summed E-state index contributed by atoms with van der Waals surface area (Å²) in [6.07, 6.45) is 6.67. The molecule has 0 aliphatic carbocycles. The fraction of sp³-hybridized carbons (Fsp3) is 0.556. The van der Waals surface area contributed by atoms with Crippen LogP contribution in [0.15, 0.2) is 23.7 Å². The van der Waals surface area contributed by atoms with E-state index in [1.807, 2.05) is 0 Å². The van der Waals surface area contributed by atoms with Gasteiger partial charge in [0.2, 0.25) is 0 Å². The van der Waals surface area contributed by atoms with Crippen LogP contribution in [0.3, 0.4) is 0 Å². The fourth-order valence-electron chi connectivity index (χ4n) is 0.572. The number of carbonyl (C=O) groups excluding carboxylic acids is 2. The first-order valence-electron chi connectivity index (χ1n) is 7.39. The summed E-state index contributed by atoms with van der Waals surface area (Å²) in [6, 6.07) is 0. The van der Waals surface area contributed by atoms with Gasteiger partial charge in [-0.25, -0.2) is 0 Å². The molecule has 0 aromatic rings. The molecule has 132 valence electrons. The van der Waals surface area contributed by atoms with Crippen molar-refractivity contribution >= 4 is 35.5 Å². The number of hydrogen-bond acceptors (Lipinski definition) is 2. The van der Waals surface area contributed by atoms with Crippen molar-refractivity contribution in [2.45, 2.75) is 67.2 Å². The molecule has 0 heterocycles. The van der Waals surface area contributed by atoms with Crippen LogP contribution in [0.25, 0.3) is 0 Å². The van der Waals surface area contributed by atoms with E-state index >= 15 is 0 Å². The summed E-state index contributed by atoms with van der Waals surface area (Å²) in [6.45, 7) is 16.8. The Balaban J connectivity index is -0.0000000639. The molecule has 23 heavy (non-hydrogen) atoms. The molecule has 8 radical (unpaired) electrons. The van der Waals surface area contributed by atoms with E-state index in [0.29, 0.717) is 0 Å². The maximum atomic E-state index is 9.98. The van der Waals surface area contributed by atoms with E-state index in [2.05, 4.69) is 27.7 Å². The Labute approximate surface area is 160 Å². The van der Waals surface area contributed by atoms with E-state index in [1.165, 1.54) is 40.5 Å². The third-order valence-corrected chi connectivity index (χ3v) is 1.52. The molecular formula is C18H32O4Sn. The van der Waals surface area contributed by atoms with Gasteiger partial charge < -0.3 is 0 Å². The van der Waals surface area contributed by atoms with Gasteiger partial charge in [-0.1, -0.05) is 53.4 Å². The van der Waals surface area contributed by atoms with E-state index in [9.17, 15) is 19.8 Å². The van der Waals surface area contributed by atoms with Gasteiger partial charge in [0.05, 0.1) is 0 Å². The second-order valence-corrected chi connectivity index (χ2v) is 4.44. The summed E-state index contributed by atoms with van der Waals surface area (Å²) in [4.78, 5) is 20.0. The van der Waals surface area contributed by atoms with Crippen molar-refractivity contribution in [3.63, 3.8) is 0 Å². The van der Waals surface area contributed by atoms with Gasteiger partial charge in [0.15, 0.2) is 23.1 Å². The minimum Gasteiger partial charge on any atom is -0.295 e. The van der Waals surface area contributed by atoms with E-state index in [1.54, 1.807) is 0 Å². The second-order valence-electron chi connectivity index (χ2n) is 4.44. The molecule has 0 aliphatic rings. The quantitative estimate of drug-likeness (QED) is 0.369. The molecule has 0 atom stereocenters. The van der Waals surface area contributed by atoms with Crippen LogP contribution in [0.5, 0.6) is 0 Å². The van der Waals surface area contributed by atoms with Gasteiger partial charge in [-0.15, -0.1) is 0 Å². The smallest absolute Gasteiger partial charge is 0.156 e. The van der Waals surface area contributed by atoms with Gasteiger partial charge >= 0.3 is 0 Å². The number of unbranched alkanes of at least 4 members (excludes halogenated alkanes) is 2. The van der Waals surface area contributed by atoms with Crippen molar-refractivity contribution in [1.82, 2.24) is 0 Å². The number of hydrogen-bond donors (Lipinski definition) is 0. The van der Waals surface area contributed by atoms with Crippen LogP contribution in [-0.2, 0) is 19.8 Å². The molecule has 0 aliphatic heterocycles. The number of allylic oxidation sites excluding steroid dienone is 4. The van der Waals surface area contributed by atoms with Crippen molar-refractivity contribution < 1.29 is 19.8 Å². The van der Waals surface area contributed by atoms with Crippen LogP contribution in [0, 0.1) is 13.8 Å². The van der Waals surface area contributed by atoms with Crippen molar-refractivity contribution in [3.8, 4) is 0 Å². The molecule has 0 saturated heterocycles. The average Bonchev–Trinajstić information content (AvgIpc) is 2.36. The summed E-state index contributed by atoms with van der Waals surface area (Å²) in [7, 11) is 0. The molecule has 5 heteroatoms.